The summed E-state index contributed by atoms with van der Waals surface area (Å²) in [7, 11) is 0. The van der Waals surface area contributed by atoms with Crippen molar-refractivity contribution in [3.63, 3.8) is 0 Å². The summed E-state index contributed by atoms with van der Waals surface area (Å²) in [6, 6.07) is 10.5. The molecule has 0 heterocycles. The Kier molecular flexibility index (Phi) is 8.56. The van der Waals surface area contributed by atoms with Crippen molar-refractivity contribution >= 4 is 0 Å². The molecule has 0 amide bonds. The molecule has 2 heteroatoms. The Balaban J connectivity index is 2.66. The van der Waals surface area contributed by atoms with E-state index < -0.39 is 0 Å². The number of unbranched alkanes of at least 4 members (excludes halogenated alkanes) is 1. The SMILES string of the molecule is CCCCC(CC)CC(N)C(OCC)c1ccccc1. The van der Waals surface area contributed by atoms with Crippen molar-refractivity contribution in [3.8, 4) is 0 Å². The van der Waals surface area contributed by atoms with Crippen LogP contribution >= 0.6 is 0 Å². The highest BCUT2D eigenvalue weighted by Gasteiger charge is 2.22. The van der Waals surface area contributed by atoms with Crippen LogP contribution in [-0.4, -0.2) is 12.6 Å². The summed E-state index contributed by atoms with van der Waals surface area (Å²) >= 11 is 0. The van der Waals surface area contributed by atoms with Crippen LogP contribution in [0.4, 0.5) is 0 Å². The van der Waals surface area contributed by atoms with Gasteiger partial charge in [0.2, 0.25) is 0 Å². The third kappa shape index (κ3) is 5.64. The van der Waals surface area contributed by atoms with E-state index in [1.54, 1.807) is 0 Å². The summed E-state index contributed by atoms with van der Waals surface area (Å²) in [4.78, 5) is 0. The molecule has 2 N–H and O–H groups in total. The average molecular weight is 277 g/mol. The van der Waals surface area contributed by atoms with Crippen molar-refractivity contribution in [1.29, 1.82) is 0 Å². The maximum atomic E-state index is 6.46. The number of ether oxygens (including phenoxy) is 1. The molecule has 0 aliphatic rings. The van der Waals surface area contributed by atoms with Crippen molar-refractivity contribution in [2.75, 3.05) is 6.61 Å². The molecule has 20 heavy (non-hydrogen) atoms. The van der Waals surface area contributed by atoms with Gasteiger partial charge in [-0.2, -0.15) is 0 Å². The van der Waals surface area contributed by atoms with Gasteiger partial charge in [-0.25, -0.2) is 0 Å². The molecular weight excluding hydrogens is 246 g/mol. The van der Waals surface area contributed by atoms with Crippen LogP contribution in [0.25, 0.3) is 0 Å². The van der Waals surface area contributed by atoms with Gasteiger partial charge in [-0.15, -0.1) is 0 Å². The van der Waals surface area contributed by atoms with Crippen molar-refractivity contribution < 1.29 is 4.74 Å². The van der Waals surface area contributed by atoms with E-state index in [4.69, 9.17) is 10.5 Å². The van der Waals surface area contributed by atoms with Crippen LogP contribution in [-0.2, 0) is 4.74 Å². The van der Waals surface area contributed by atoms with Gasteiger partial charge in [-0.3, -0.25) is 0 Å². The molecule has 0 aromatic heterocycles. The van der Waals surface area contributed by atoms with Gasteiger partial charge in [0.05, 0.1) is 6.10 Å². The molecular formula is C18H31NO. The molecule has 1 aromatic carbocycles. The summed E-state index contributed by atoms with van der Waals surface area (Å²) in [5, 5.41) is 0. The van der Waals surface area contributed by atoms with Crippen molar-refractivity contribution in [2.24, 2.45) is 11.7 Å². The summed E-state index contributed by atoms with van der Waals surface area (Å²) in [5.41, 5.74) is 7.66. The molecule has 114 valence electrons. The van der Waals surface area contributed by atoms with Crippen LogP contribution in [0, 0.1) is 5.92 Å². The topological polar surface area (TPSA) is 35.2 Å². The van der Waals surface area contributed by atoms with Crippen LogP contribution in [0.3, 0.4) is 0 Å². The Morgan fingerprint density at radius 3 is 2.35 bits per heavy atom. The van der Waals surface area contributed by atoms with Crippen molar-refractivity contribution in [3.05, 3.63) is 35.9 Å². The molecule has 2 nitrogen and oxygen atoms in total. The summed E-state index contributed by atoms with van der Waals surface area (Å²) in [6.07, 6.45) is 6.14. The lowest BCUT2D eigenvalue weighted by molar-refractivity contribution is 0.0365. The van der Waals surface area contributed by atoms with E-state index in [1.165, 1.54) is 31.2 Å². The molecule has 0 radical (unpaired) electrons. The Morgan fingerprint density at radius 2 is 1.80 bits per heavy atom. The minimum atomic E-state index is 0.0249. The second-order valence-electron chi connectivity index (χ2n) is 5.60. The van der Waals surface area contributed by atoms with E-state index in [-0.39, 0.29) is 12.1 Å². The second kappa shape index (κ2) is 9.95. The first kappa shape index (κ1) is 17.2. The molecule has 3 atom stereocenters. The monoisotopic (exact) mass is 277 g/mol. The Morgan fingerprint density at radius 1 is 1.10 bits per heavy atom. The van der Waals surface area contributed by atoms with E-state index in [0.717, 1.165) is 12.3 Å². The van der Waals surface area contributed by atoms with Crippen LogP contribution < -0.4 is 5.73 Å². The zero-order valence-corrected chi connectivity index (χ0v) is 13.3. The van der Waals surface area contributed by atoms with Gasteiger partial charge >= 0.3 is 0 Å². The molecule has 3 unspecified atom stereocenters. The van der Waals surface area contributed by atoms with Crippen molar-refractivity contribution in [1.82, 2.24) is 0 Å². The van der Waals surface area contributed by atoms with Gasteiger partial charge in [0, 0.05) is 12.6 Å². The first-order valence-corrected chi connectivity index (χ1v) is 8.14. The molecule has 0 spiro atoms. The Labute approximate surface area is 124 Å². The quantitative estimate of drug-likeness (QED) is 0.673. The fourth-order valence-electron chi connectivity index (χ4n) is 2.78. The maximum Gasteiger partial charge on any atom is 0.0975 e. The third-order valence-corrected chi connectivity index (χ3v) is 4.01. The lowest BCUT2D eigenvalue weighted by Gasteiger charge is -2.27. The molecule has 0 aliphatic heterocycles. The smallest absolute Gasteiger partial charge is 0.0975 e. The molecule has 1 aromatic rings. The lowest BCUT2D eigenvalue weighted by atomic mass is 9.88. The molecule has 0 saturated carbocycles. The van der Waals surface area contributed by atoms with Gasteiger partial charge in [0.15, 0.2) is 0 Å². The molecule has 0 aliphatic carbocycles. The normalized spacial score (nSPS) is 15.8. The number of benzene rings is 1. The van der Waals surface area contributed by atoms with Crippen LogP contribution in [0.5, 0.6) is 0 Å². The lowest BCUT2D eigenvalue weighted by Crippen LogP contribution is -2.32. The Hall–Kier alpha value is -0.860. The molecule has 0 bridgehead atoms. The van der Waals surface area contributed by atoms with E-state index >= 15 is 0 Å². The Bertz CT molecular complexity index is 339. The maximum absolute atomic E-state index is 6.46. The summed E-state index contributed by atoms with van der Waals surface area (Å²) in [5.74, 6) is 0.719. The molecule has 0 saturated heterocycles. The van der Waals surface area contributed by atoms with Crippen LogP contribution in [0.2, 0.25) is 0 Å². The minimum absolute atomic E-state index is 0.0249. The highest BCUT2D eigenvalue weighted by Crippen LogP contribution is 2.27. The number of rotatable bonds is 10. The van der Waals surface area contributed by atoms with Gasteiger partial charge < -0.3 is 10.5 Å². The van der Waals surface area contributed by atoms with Crippen LogP contribution in [0.15, 0.2) is 30.3 Å². The fourth-order valence-corrected chi connectivity index (χ4v) is 2.78. The summed E-state index contributed by atoms with van der Waals surface area (Å²) in [6.45, 7) is 7.26. The molecule has 1 rings (SSSR count). The number of hydrogen-bond donors (Lipinski definition) is 1. The standard InChI is InChI=1S/C18H31NO/c1-4-7-11-15(5-2)14-17(19)18(20-6-3)16-12-9-8-10-13-16/h8-10,12-13,15,17-18H,4-7,11,14,19H2,1-3H3. The predicted octanol–water partition coefficient (Wildman–Crippen LogP) is 4.70. The van der Waals surface area contributed by atoms with E-state index in [1.807, 2.05) is 13.0 Å². The van der Waals surface area contributed by atoms with Gasteiger partial charge in [-0.05, 0) is 24.8 Å². The zero-order chi connectivity index (χ0) is 14.8. The predicted molar refractivity (Wildman–Crippen MR) is 86.7 cm³/mol. The van der Waals surface area contributed by atoms with E-state index in [2.05, 4.69) is 38.1 Å². The number of hydrogen-bond acceptors (Lipinski definition) is 2. The number of nitrogens with two attached hydrogens (primary N) is 1. The van der Waals surface area contributed by atoms with Gasteiger partial charge in [0.25, 0.3) is 0 Å². The van der Waals surface area contributed by atoms with Gasteiger partial charge in [-0.1, -0.05) is 69.9 Å². The third-order valence-electron chi connectivity index (χ3n) is 4.01. The average Bonchev–Trinajstić information content (AvgIpc) is 2.49. The highest BCUT2D eigenvalue weighted by molar-refractivity contribution is 5.19. The zero-order valence-electron chi connectivity index (χ0n) is 13.3. The largest absolute Gasteiger partial charge is 0.372 e. The van der Waals surface area contributed by atoms with E-state index in [9.17, 15) is 0 Å². The summed E-state index contributed by atoms with van der Waals surface area (Å²) < 4.78 is 5.91. The highest BCUT2D eigenvalue weighted by atomic mass is 16.5. The first-order chi connectivity index (χ1) is 9.72. The fraction of sp³-hybridized carbons (Fsp3) is 0.667. The van der Waals surface area contributed by atoms with Gasteiger partial charge in [0.1, 0.15) is 0 Å². The minimum Gasteiger partial charge on any atom is -0.372 e. The molecule has 0 fully saturated rings. The van der Waals surface area contributed by atoms with Crippen molar-refractivity contribution in [2.45, 2.75) is 65.0 Å². The van der Waals surface area contributed by atoms with E-state index in [0.29, 0.717) is 6.61 Å². The van der Waals surface area contributed by atoms with Crippen LogP contribution in [0.1, 0.15) is 64.5 Å². The second-order valence-corrected chi connectivity index (χ2v) is 5.60. The first-order valence-electron chi connectivity index (χ1n) is 8.14.